The van der Waals surface area contributed by atoms with Crippen molar-refractivity contribution in [1.82, 2.24) is 20.5 Å². The number of carbonyl (C=O) groups is 1. The van der Waals surface area contributed by atoms with Crippen LogP contribution in [0.3, 0.4) is 0 Å². The van der Waals surface area contributed by atoms with Gasteiger partial charge in [-0.1, -0.05) is 12.1 Å². The number of pyridine rings is 1. The smallest absolute Gasteiger partial charge is 0.231 e. The minimum Gasteiger partial charge on any atom is -0.454 e. The quantitative estimate of drug-likeness (QED) is 0.489. The number of rotatable bonds is 8. The number of hydrogen-bond donors (Lipinski definition) is 3. The third kappa shape index (κ3) is 5.13. The normalized spacial score (nSPS) is 11.8. The molecule has 154 valence electrons. The summed E-state index contributed by atoms with van der Waals surface area (Å²) in [6, 6.07) is 13.0. The van der Waals surface area contributed by atoms with Gasteiger partial charge in [0.05, 0.1) is 6.42 Å². The van der Waals surface area contributed by atoms with E-state index in [9.17, 15) is 4.79 Å². The van der Waals surface area contributed by atoms with Gasteiger partial charge in [-0.2, -0.15) is 0 Å². The number of amides is 1. The van der Waals surface area contributed by atoms with E-state index in [0.717, 1.165) is 11.1 Å². The maximum absolute atomic E-state index is 12.1. The highest BCUT2D eigenvalue weighted by molar-refractivity contribution is 5.78. The Bertz CT molecular complexity index is 1010. The number of anilines is 3. The maximum Gasteiger partial charge on any atom is 0.231 e. The van der Waals surface area contributed by atoms with E-state index in [4.69, 9.17) is 9.47 Å². The van der Waals surface area contributed by atoms with Crippen LogP contribution in [-0.4, -0.2) is 41.0 Å². The Kier molecular flexibility index (Phi) is 5.88. The first kappa shape index (κ1) is 19.4. The molecule has 0 fully saturated rings. The summed E-state index contributed by atoms with van der Waals surface area (Å²) in [7, 11) is 0. The van der Waals surface area contributed by atoms with Crippen LogP contribution in [0.25, 0.3) is 0 Å². The molecule has 4 rings (SSSR count). The number of carbonyl (C=O) groups excluding carboxylic acids is 1. The minimum absolute atomic E-state index is 0.0631. The lowest BCUT2D eigenvalue weighted by molar-refractivity contribution is -0.120. The summed E-state index contributed by atoms with van der Waals surface area (Å²) in [5.74, 6) is 3.27. The molecule has 0 radical (unpaired) electrons. The molecule has 9 heteroatoms. The minimum atomic E-state index is -0.0631. The highest BCUT2D eigenvalue weighted by Gasteiger charge is 2.14. The first-order valence-electron chi connectivity index (χ1n) is 9.58. The van der Waals surface area contributed by atoms with Gasteiger partial charge in [0, 0.05) is 19.3 Å². The van der Waals surface area contributed by atoms with Gasteiger partial charge in [-0.25, -0.2) is 4.98 Å². The van der Waals surface area contributed by atoms with E-state index in [0.29, 0.717) is 42.0 Å². The number of ether oxygens (including phenoxy) is 2. The van der Waals surface area contributed by atoms with Gasteiger partial charge in [-0.15, -0.1) is 10.2 Å². The zero-order valence-electron chi connectivity index (χ0n) is 16.5. The lowest BCUT2D eigenvalue weighted by Gasteiger charge is -2.08. The van der Waals surface area contributed by atoms with E-state index in [-0.39, 0.29) is 19.1 Å². The Morgan fingerprint density at radius 3 is 2.57 bits per heavy atom. The van der Waals surface area contributed by atoms with E-state index >= 15 is 0 Å². The van der Waals surface area contributed by atoms with Gasteiger partial charge in [0.15, 0.2) is 17.3 Å². The second-order valence-corrected chi connectivity index (χ2v) is 6.79. The van der Waals surface area contributed by atoms with Gasteiger partial charge in [0.1, 0.15) is 11.6 Å². The van der Waals surface area contributed by atoms with Crippen molar-refractivity contribution >= 4 is 23.4 Å². The molecule has 1 aliphatic heterocycles. The van der Waals surface area contributed by atoms with Crippen molar-refractivity contribution in [3.05, 3.63) is 59.8 Å². The molecule has 0 unspecified atom stereocenters. The molecule has 0 saturated carbocycles. The van der Waals surface area contributed by atoms with Crippen molar-refractivity contribution in [3.63, 3.8) is 0 Å². The van der Waals surface area contributed by atoms with Crippen molar-refractivity contribution in [1.29, 1.82) is 0 Å². The molecule has 0 saturated heterocycles. The largest absolute Gasteiger partial charge is 0.454 e. The van der Waals surface area contributed by atoms with E-state index < -0.39 is 0 Å². The Morgan fingerprint density at radius 2 is 1.77 bits per heavy atom. The van der Waals surface area contributed by atoms with Crippen molar-refractivity contribution < 1.29 is 14.3 Å². The Balaban J connectivity index is 1.18. The molecule has 1 aromatic carbocycles. The Labute approximate surface area is 173 Å². The van der Waals surface area contributed by atoms with Crippen LogP contribution in [0.5, 0.6) is 11.5 Å². The molecule has 0 bridgehead atoms. The van der Waals surface area contributed by atoms with Crippen LogP contribution in [0, 0.1) is 6.92 Å². The third-order valence-corrected chi connectivity index (χ3v) is 4.39. The SMILES string of the molecule is Cc1ccc(Nc2ccc(NCCNC(=O)Cc3ccc4c(c3)OCO4)nn2)nc1. The number of aryl methyl sites for hydroxylation is 1. The predicted molar refractivity (Wildman–Crippen MR) is 112 cm³/mol. The average molecular weight is 406 g/mol. The van der Waals surface area contributed by atoms with Crippen LogP contribution in [0.1, 0.15) is 11.1 Å². The van der Waals surface area contributed by atoms with Crippen molar-refractivity contribution in [2.24, 2.45) is 0 Å². The second kappa shape index (κ2) is 9.08. The molecule has 3 aromatic rings. The summed E-state index contributed by atoms with van der Waals surface area (Å²) in [5, 5.41) is 17.3. The maximum atomic E-state index is 12.1. The van der Waals surface area contributed by atoms with Crippen molar-refractivity contribution in [3.8, 4) is 11.5 Å². The first-order valence-corrected chi connectivity index (χ1v) is 9.58. The zero-order valence-corrected chi connectivity index (χ0v) is 16.5. The molecule has 0 aliphatic carbocycles. The molecule has 3 N–H and O–H groups in total. The lowest BCUT2D eigenvalue weighted by atomic mass is 10.1. The van der Waals surface area contributed by atoms with Crippen LogP contribution in [0.2, 0.25) is 0 Å². The van der Waals surface area contributed by atoms with E-state index in [1.54, 1.807) is 6.20 Å². The Morgan fingerprint density at radius 1 is 0.967 bits per heavy atom. The van der Waals surface area contributed by atoms with Crippen LogP contribution in [0.15, 0.2) is 48.7 Å². The highest BCUT2D eigenvalue weighted by atomic mass is 16.7. The van der Waals surface area contributed by atoms with E-state index in [2.05, 4.69) is 31.1 Å². The number of nitrogens with zero attached hydrogens (tertiary/aromatic N) is 3. The molecule has 0 spiro atoms. The molecule has 1 amide bonds. The van der Waals surface area contributed by atoms with E-state index in [1.807, 2.05) is 49.4 Å². The monoisotopic (exact) mass is 406 g/mol. The average Bonchev–Trinajstić information content (AvgIpc) is 3.22. The Hall–Kier alpha value is -3.88. The van der Waals surface area contributed by atoms with Crippen molar-refractivity contribution in [2.75, 3.05) is 30.5 Å². The molecule has 2 aromatic heterocycles. The summed E-state index contributed by atoms with van der Waals surface area (Å²) in [6.07, 6.45) is 2.07. The summed E-state index contributed by atoms with van der Waals surface area (Å²) in [4.78, 5) is 16.4. The number of fused-ring (bicyclic) bond motifs is 1. The fourth-order valence-corrected chi connectivity index (χ4v) is 2.86. The van der Waals surface area contributed by atoms with Crippen molar-refractivity contribution in [2.45, 2.75) is 13.3 Å². The number of benzene rings is 1. The molecule has 0 atom stereocenters. The van der Waals surface area contributed by atoms with Crippen LogP contribution in [-0.2, 0) is 11.2 Å². The van der Waals surface area contributed by atoms with Crippen LogP contribution in [0.4, 0.5) is 17.5 Å². The van der Waals surface area contributed by atoms with Gasteiger partial charge >= 0.3 is 0 Å². The number of aromatic nitrogens is 3. The molecule has 30 heavy (non-hydrogen) atoms. The summed E-state index contributed by atoms with van der Waals surface area (Å²) >= 11 is 0. The van der Waals surface area contributed by atoms with Gasteiger partial charge in [0.2, 0.25) is 12.7 Å². The topological polar surface area (TPSA) is 110 Å². The van der Waals surface area contributed by atoms with Gasteiger partial charge in [0.25, 0.3) is 0 Å². The summed E-state index contributed by atoms with van der Waals surface area (Å²) in [6.45, 7) is 3.21. The molecule has 3 heterocycles. The number of hydrogen-bond acceptors (Lipinski definition) is 8. The predicted octanol–water partition coefficient (Wildman–Crippen LogP) is 2.42. The van der Waals surface area contributed by atoms with Crippen LogP contribution >= 0.6 is 0 Å². The van der Waals surface area contributed by atoms with E-state index in [1.165, 1.54) is 0 Å². The summed E-state index contributed by atoms with van der Waals surface area (Å²) in [5.41, 5.74) is 1.97. The van der Waals surface area contributed by atoms with Gasteiger partial charge in [-0.05, 0) is 48.4 Å². The molecule has 1 aliphatic rings. The molecule has 9 nitrogen and oxygen atoms in total. The standard InChI is InChI=1S/C21H22N6O3/c1-14-2-5-18(24-12-14)25-20-7-6-19(26-27-20)22-8-9-23-21(28)11-15-3-4-16-17(10-15)30-13-29-16/h2-7,10,12H,8-9,11,13H2,1H3,(H,22,26)(H,23,28)(H,24,25,27). The van der Waals surface area contributed by atoms with Crippen LogP contribution < -0.4 is 25.4 Å². The first-order chi connectivity index (χ1) is 14.7. The molecular weight excluding hydrogens is 384 g/mol. The third-order valence-electron chi connectivity index (χ3n) is 4.39. The fraction of sp³-hybridized carbons (Fsp3) is 0.238. The fourth-order valence-electron chi connectivity index (χ4n) is 2.86. The molecular formula is C21H22N6O3. The highest BCUT2D eigenvalue weighted by Crippen LogP contribution is 2.32. The lowest BCUT2D eigenvalue weighted by Crippen LogP contribution is -2.30. The second-order valence-electron chi connectivity index (χ2n) is 6.79. The zero-order chi connectivity index (χ0) is 20.8. The van der Waals surface area contributed by atoms with Gasteiger partial charge < -0.3 is 25.4 Å². The van der Waals surface area contributed by atoms with Gasteiger partial charge in [-0.3, -0.25) is 4.79 Å². The summed E-state index contributed by atoms with van der Waals surface area (Å²) < 4.78 is 10.6. The number of nitrogens with one attached hydrogen (secondary N) is 3.